The van der Waals surface area contributed by atoms with Gasteiger partial charge in [0.1, 0.15) is 0 Å². The van der Waals surface area contributed by atoms with Gasteiger partial charge in [0, 0.05) is 23.8 Å². The summed E-state index contributed by atoms with van der Waals surface area (Å²) in [5.74, 6) is -1.64. The van der Waals surface area contributed by atoms with E-state index in [-0.39, 0.29) is 59.1 Å². The zero-order chi connectivity index (χ0) is 45.7. The predicted molar refractivity (Wildman–Crippen MR) is 250 cm³/mol. The summed E-state index contributed by atoms with van der Waals surface area (Å²) in [5, 5.41) is 4.37. The number of fused-ring (bicyclic) bond motifs is 8. The van der Waals surface area contributed by atoms with Gasteiger partial charge in [-0.1, -0.05) is 121 Å². The third kappa shape index (κ3) is 8.15. The first-order valence-electron chi connectivity index (χ1n) is 21.1. The lowest BCUT2D eigenvalue weighted by molar-refractivity contribution is -0.138. The number of anilines is 1. The van der Waals surface area contributed by atoms with Crippen LogP contribution < -0.4 is 5.06 Å². The minimum absolute atomic E-state index is 0.0376. The van der Waals surface area contributed by atoms with Crippen LogP contribution in [0.15, 0.2) is 180 Å². The average molecular weight is 917 g/mol. The second-order valence-electron chi connectivity index (χ2n) is 16.3. The molecule has 10 rings (SSSR count). The van der Waals surface area contributed by atoms with Crippen LogP contribution in [0.3, 0.4) is 0 Å². The highest BCUT2D eigenvalue weighted by Gasteiger charge is 2.33. The molecule has 8 aromatic carbocycles. The molecule has 0 fully saturated rings. The van der Waals surface area contributed by atoms with Crippen molar-refractivity contribution in [1.82, 2.24) is 5.06 Å². The van der Waals surface area contributed by atoms with Crippen molar-refractivity contribution in [3.05, 3.63) is 198 Å². The third-order valence-electron chi connectivity index (χ3n) is 12.4. The number of benzene rings is 8. The fourth-order valence-electron chi connectivity index (χ4n) is 9.17. The van der Waals surface area contributed by atoms with Gasteiger partial charge >= 0.3 is 0 Å². The standard InChI is InChI=1S/C52H40N2O10S2/c55-51(54(38-22-19-34-21-24-40(66(60,61)62)30-37(34)28-38)64-32-50-47-15-7-3-11-43(47)44-12-4-8-16-48(44)50)25-26-53(52(56)35-18-17-33-20-23-39(65(57,58)59)29-36(33)27-35)63-31-49-45-13-5-1-9-41(45)42-10-2-6-14-46(42)49/h1-24,27-30,49-50H,25-26,31-32H2,(H,57,58,59)(H,60,61,62). The largest absolute Gasteiger partial charge is 0.294 e. The summed E-state index contributed by atoms with van der Waals surface area (Å²) in [4.78, 5) is 41.7. The van der Waals surface area contributed by atoms with Gasteiger partial charge in [-0.05, 0) is 115 Å². The summed E-state index contributed by atoms with van der Waals surface area (Å²) in [5.41, 5.74) is 8.75. The number of carbonyl (C=O) groups is 2. The Hall–Kier alpha value is -7.04. The summed E-state index contributed by atoms with van der Waals surface area (Å²) >= 11 is 0. The maximum absolute atomic E-state index is 14.8. The van der Waals surface area contributed by atoms with E-state index in [0.717, 1.165) is 54.6 Å². The van der Waals surface area contributed by atoms with Crippen molar-refractivity contribution in [3.63, 3.8) is 0 Å². The molecule has 0 saturated heterocycles. The summed E-state index contributed by atoms with van der Waals surface area (Å²) in [6.07, 6.45) is -0.301. The molecule has 8 aromatic rings. The van der Waals surface area contributed by atoms with Gasteiger partial charge < -0.3 is 0 Å². The maximum atomic E-state index is 14.8. The van der Waals surface area contributed by atoms with Crippen molar-refractivity contribution in [1.29, 1.82) is 0 Å². The normalized spacial score (nSPS) is 13.3. The van der Waals surface area contributed by atoms with Crippen LogP contribution in [0, 0.1) is 0 Å². The van der Waals surface area contributed by atoms with Crippen molar-refractivity contribution in [2.45, 2.75) is 28.0 Å². The highest BCUT2D eigenvalue weighted by atomic mass is 32.2. The van der Waals surface area contributed by atoms with Gasteiger partial charge in [0.2, 0.25) is 0 Å². The Morgan fingerprint density at radius 3 is 1.39 bits per heavy atom. The van der Waals surface area contributed by atoms with Crippen LogP contribution in [-0.4, -0.2) is 62.6 Å². The van der Waals surface area contributed by atoms with E-state index in [1.807, 2.05) is 97.1 Å². The van der Waals surface area contributed by atoms with Gasteiger partial charge in [-0.2, -0.15) is 21.9 Å². The van der Waals surface area contributed by atoms with E-state index in [1.54, 1.807) is 36.4 Å². The first kappa shape index (κ1) is 42.9. The molecular weight excluding hydrogens is 877 g/mol. The van der Waals surface area contributed by atoms with Crippen molar-refractivity contribution in [3.8, 4) is 22.3 Å². The molecule has 0 bridgehead atoms. The number of amides is 2. The lowest BCUT2D eigenvalue weighted by atomic mass is 9.98. The lowest BCUT2D eigenvalue weighted by Crippen LogP contribution is -2.38. The quantitative estimate of drug-likeness (QED) is 0.0839. The van der Waals surface area contributed by atoms with Crippen LogP contribution in [0.2, 0.25) is 0 Å². The SMILES string of the molecule is O=C(c1ccc2ccc(S(=O)(=O)O)cc2c1)N(CCC(=O)N(OCC1c2ccccc2-c2ccccc21)c1ccc2ccc(S(=O)(=O)O)cc2c1)OCC1c2ccccc2-c2ccccc21. The Labute approximate surface area is 380 Å². The Bertz CT molecular complexity index is 3390. The molecule has 2 aliphatic rings. The third-order valence-corrected chi connectivity index (χ3v) is 14.1. The van der Waals surface area contributed by atoms with E-state index in [0.29, 0.717) is 21.5 Å². The molecule has 0 unspecified atom stereocenters. The van der Waals surface area contributed by atoms with Crippen molar-refractivity contribution >= 4 is 59.3 Å². The van der Waals surface area contributed by atoms with Crippen LogP contribution in [0.5, 0.6) is 0 Å². The van der Waals surface area contributed by atoms with E-state index in [1.165, 1.54) is 36.4 Å². The fraction of sp³-hybridized carbons (Fsp3) is 0.115. The first-order chi connectivity index (χ1) is 31.8. The summed E-state index contributed by atoms with van der Waals surface area (Å²) in [7, 11) is -9.07. The Morgan fingerprint density at radius 1 is 0.485 bits per heavy atom. The number of hydrogen-bond acceptors (Lipinski definition) is 8. The van der Waals surface area contributed by atoms with Crippen LogP contribution in [0.25, 0.3) is 43.8 Å². The van der Waals surface area contributed by atoms with Gasteiger partial charge in [-0.3, -0.25) is 28.4 Å². The summed E-state index contributed by atoms with van der Waals surface area (Å²) in [6, 6.07) is 49.9. The molecule has 2 N–H and O–H groups in total. The molecule has 0 atom stereocenters. The fourth-order valence-corrected chi connectivity index (χ4v) is 10.2. The molecule has 0 aromatic heterocycles. The molecule has 0 saturated carbocycles. The second-order valence-corrected chi connectivity index (χ2v) is 19.1. The smallest absolute Gasteiger partial charge is 0.282 e. The predicted octanol–water partition coefficient (Wildman–Crippen LogP) is 9.84. The highest BCUT2D eigenvalue weighted by Crippen LogP contribution is 2.46. The highest BCUT2D eigenvalue weighted by molar-refractivity contribution is 7.86. The number of rotatable bonds is 13. The van der Waals surface area contributed by atoms with Gasteiger partial charge in [0.15, 0.2) is 0 Å². The van der Waals surface area contributed by atoms with Crippen LogP contribution in [0.1, 0.15) is 50.9 Å². The maximum Gasteiger partial charge on any atom is 0.294 e. The average Bonchev–Trinajstić information content (AvgIpc) is 3.82. The van der Waals surface area contributed by atoms with Crippen molar-refractivity contribution in [2.75, 3.05) is 24.8 Å². The van der Waals surface area contributed by atoms with Gasteiger partial charge in [-0.25, -0.2) is 5.06 Å². The number of hydroxylamine groups is 3. The molecule has 66 heavy (non-hydrogen) atoms. The molecule has 0 spiro atoms. The molecule has 0 radical (unpaired) electrons. The molecule has 14 heteroatoms. The number of hydrogen-bond donors (Lipinski definition) is 2. The van der Waals surface area contributed by atoms with Crippen LogP contribution in [-0.2, 0) is 34.7 Å². The van der Waals surface area contributed by atoms with Crippen LogP contribution >= 0.6 is 0 Å². The van der Waals surface area contributed by atoms with Crippen molar-refractivity contribution in [2.24, 2.45) is 0 Å². The molecule has 12 nitrogen and oxygen atoms in total. The Kier molecular flexibility index (Phi) is 11.1. The molecule has 0 heterocycles. The van der Waals surface area contributed by atoms with E-state index < -0.39 is 32.1 Å². The van der Waals surface area contributed by atoms with E-state index >= 15 is 0 Å². The van der Waals surface area contributed by atoms with Crippen LogP contribution in [0.4, 0.5) is 5.69 Å². The van der Waals surface area contributed by atoms with E-state index in [4.69, 9.17) is 9.68 Å². The molecule has 2 amide bonds. The molecule has 2 aliphatic carbocycles. The van der Waals surface area contributed by atoms with Gasteiger partial charge in [0.25, 0.3) is 32.1 Å². The Morgan fingerprint density at radius 2 is 0.909 bits per heavy atom. The topological polar surface area (TPSA) is 168 Å². The number of carbonyl (C=O) groups excluding carboxylic acids is 2. The molecular formula is C52H40N2O10S2. The molecule has 330 valence electrons. The van der Waals surface area contributed by atoms with Crippen molar-refractivity contribution < 1.29 is 45.2 Å². The van der Waals surface area contributed by atoms with Gasteiger partial charge in [0.05, 0.1) is 35.2 Å². The zero-order valence-electron chi connectivity index (χ0n) is 35.0. The monoisotopic (exact) mass is 916 g/mol. The Balaban J connectivity index is 0.988. The van der Waals surface area contributed by atoms with E-state index in [2.05, 4.69) is 0 Å². The summed E-state index contributed by atoms with van der Waals surface area (Å²) in [6.45, 7) is -0.159. The zero-order valence-corrected chi connectivity index (χ0v) is 36.7. The number of nitrogens with zero attached hydrogens (tertiary/aromatic N) is 2. The minimum atomic E-state index is -4.54. The van der Waals surface area contributed by atoms with Gasteiger partial charge in [-0.15, -0.1) is 0 Å². The molecule has 0 aliphatic heterocycles. The lowest BCUT2D eigenvalue weighted by Gasteiger charge is -2.27. The summed E-state index contributed by atoms with van der Waals surface area (Å²) < 4.78 is 67.9. The van der Waals surface area contributed by atoms with E-state index in [9.17, 15) is 35.5 Å². The first-order valence-corrected chi connectivity index (χ1v) is 24.0. The minimum Gasteiger partial charge on any atom is -0.282 e. The second kappa shape index (κ2) is 17.1.